The van der Waals surface area contributed by atoms with Crippen LogP contribution >= 0.6 is 0 Å². The summed E-state index contributed by atoms with van der Waals surface area (Å²) in [6.45, 7) is 2.44. The molecular formula is C13H20N2O3. The number of rotatable bonds is 5. The molecule has 0 amide bonds. The van der Waals surface area contributed by atoms with Gasteiger partial charge >= 0.3 is 0 Å². The van der Waals surface area contributed by atoms with Crippen molar-refractivity contribution in [2.24, 2.45) is 0 Å². The van der Waals surface area contributed by atoms with Crippen LogP contribution < -0.4 is 19.9 Å². The highest BCUT2D eigenvalue weighted by Crippen LogP contribution is 2.36. The van der Waals surface area contributed by atoms with Crippen molar-refractivity contribution in [1.29, 1.82) is 0 Å². The Hall–Kier alpha value is -1.46. The number of methoxy groups -OCH3 is 2. The third kappa shape index (κ3) is 2.52. The van der Waals surface area contributed by atoms with Gasteiger partial charge in [-0.1, -0.05) is 0 Å². The average Bonchev–Trinajstić information content (AvgIpc) is 2.92. The molecule has 1 aliphatic heterocycles. The fourth-order valence-electron chi connectivity index (χ4n) is 2.37. The lowest BCUT2D eigenvalue weighted by molar-refractivity contribution is 0.160. The summed E-state index contributed by atoms with van der Waals surface area (Å²) in [4.78, 5) is 2.30. The van der Waals surface area contributed by atoms with E-state index in [-0.39, 0.29) is 0 Å². The molecule has 1 aliphatic rings. The van der Waals surface area contributed by atoms with E-state index in [9.17, 15) is 0 Å². The number of hydrogen-bond donors (Lipinski definition) is 2. The molecule has 0 saturated carbocycles. The average molecular weight is 252 g/mol. The van der Waals surface area contributed by atoms with Crippen molar-refractivity contribution in [2.45, 2.75) is 19.4 Å². The summed E-state index contributed by atoms with van der Waals surface area (Å²) in [6.07, 6.45) is 2.43. The standard InChI is InChI=1S/C13H20N2O3/c1-17-12-8-11(15-5-3-4-6-15)13(18-2)7-10(12)9-14-16/h7-8,14,16H,3-6,9H2,1-2H3. The van der Waals surface area contributed by atoms with Gasteiger partial charge in [0.05, 0.1) is 19.9 Å². The molecule has 0 unspecified atom stereocenters. The van der Waals surface area contributed by atoms with E-state index in [4.69, 9.17) is 14.7 Å². The van der Waals surface area contributed by atoms with E-state index in [1.54, 1.807) is 14.2 Å². The molecule has 2 rings (SSSR count). The molecule has 0 aromatic heterocycles. The molecule has 18 heavy (non-hydrogen) atoms. The smallest absolute Gasteiger partial charge is 0.142 e. The van der Waals surface area contributed by atoms with Crippen LogP contribution in [0.2, 0.25) is 0 Å². The molecule has 1 aromatic carbocycles. The summed E-state index contributed by atoms with van der Waals surface area (Å²) in [6, 6.07) is 3.90. The number of ether oxygens (including phenoxy) is 2. The summed E-state index contributed by atoms with van der Waals surface area (Å²) in [5.74, 6) is 1.59. The number of anilines is 1. The van der Waals surface area contributed by atoms with E-state index < -0.39 is 0 Å². The van der Waals surface area contributed by atoms with E-state index in [0.29, 0.717) is 6.54 Å². The molecule has 2 N–H and O–H groups in total. The van der Waals surface area contributed by atoms with Crippen molar-refractivity contribution in [3.8, 4) is 11.5 Å². The lowest BCUT2D eigenvalue weighted by Gasteiger charge is -2.22. The van der Waals surface area contributed by atoms with Crippen LogP contribution in [0.15, 0.2) is 12.1 Å². The van der Waals surface area contributed by atoms with E-state index in [2.05, 4.69) is 10.4 Å². The van der Waals surface area contributed by atoms with Crippen molar-refractivity contribution < 1.29 is 14.7 Å². The summed E-state index contributed by atoms with van der Waals surface area (Å²) in [5, 5.41) is 8.83. The molecule has 0 spiro atoms. The van der Waals surface area contributed by atoms with Crippen molar-refractivity contribution in [3.05, 3.63) is 17.7 Å². The second kappa shape index (κ2) is 5.93. The predicted octanol–water partition coefficient (Wildman–Crippen LogP) is 1.78. The van der Waals surface area contributed by atoms with Gasteiger partial charge in [-0.25, -0.2) is 5.48 Å². The molecule has 1 heterocycles. The van der Waals surface area contributed by atoms with Gasteiger partial charge in [0.15, 0.2) is 0 Å². The van der Waals surface area contributed by atoms with Gasteiger partial charge in [-0.05, 0) is 18.9 Å². The van der Waals surface area contributed by atoms with E-state index in [0.717, 1.165) is 35.8 Å². The Morgan fingerprint density at radius 1 is 1.17 bits per heavy atom. The fraction of sp³-hybridized carbons (Fsp3) is 0.538. The van der Waals surface area contributed by atoms with Crippen molar-refractivity contribution in [1.82, 2.24) is 5.48 Å². The Kier molecular flexibility index (Phi) is 4.28. The molecule has 1 fully saturated rings. The molecule has 0 bridgehead atoms. The van der Waals surface area contributed by atoms with Gasteiger partial charge in [0.25, 0.3) is 0 Å². The highest BCUT2D eigenvalue weighted by Gasteiger charge is 2.19. The predicted molar refractivity (Wildman–Crippen MR) is 69.6 cm³/mol. The number of hydroxylamine groups is 1. The summed E-state index contributed by atoms with van der Waals surface area (Å²) in [7, 11) is 3.30. The van der Waals surface area contributed by atoms with Crippen LogP contribution in [-0.2, 0) is 6.54 Å². The zero-order valence-corrected chi connectivity index (χ0v) is 10.9. The van der Waals surface area contributed by atoms with E-state index in [1.165, 1.54) is 12.8 Å². The first-order chi connectivity index (χ1) is 8.80. The van der Waals surface area contributed by atoms with Crippen molar-refractivity contribution >= 4 is 5.69 Å². The normalized spacial score (nSPS) is 14.9. The molecule has 5 nitrogen and oxygen atoms in total. The van der Waals surface area contributed by atoms with Gasteiger partial charge < -0.3 is 19.6 Å². The van der Waals surface area contributed by atoms with Crippen LogP contribution in [0.4, 0.5) is 5.69 Å². The van der Waals surface area contributed by atoms with Gasteiger partial charge in [-0.15, -0.1) is 0 Å². The summed E-state index contributed by atoms with van der Waals surface area (Å²) in [5.41, 5.74) is 4.09. The number of hydrogen-bond acceptors (Lipinski definition) is 5. The second-order valence-electron chi connectivity index (χ2n) is 4.36. The minimum Gasteiger partial charge on any atom is -0.496 e. The minimum absolute atomic E-state index is 0.333. The highest BCUT2D eigenvalue weighted by atomic mass is 16.5. The van der Waals surface area contributed by atoms with Crippen LogP contribution in [0.5, 0.6) is 11.5 Å². The second-order valence-corrected chi connectivity index (χ2v) is 4.36. The quantitative estimate of drug-likeness (QED) is 0.782. The van der Waals surface area contributed by atoms with Crippen LogP contribution in [0.25, 0.3) is 0 Å². The van der Waals surface area contributed by atoms with Gasteiger partial charge in [-0.3, -0.25) is 0 Å². The molecule has 5 heteroatoms. The zero-order valence-electron chi connectivity index (χ0n) is 10.9. The molecule has 0 atom stereocenters. The number of benzene rings is 1. The monoisotopic (exact) mass is 252 g/mol. The highest BCUT2D eigenvalue weighted by molar-refractivity contribution is 5.64. The zero-order chi connectivity index (χ0) is 13.0. The molecule has 1 aromatic rings. The van der Waals surface area contributed by atoms with Crippen LogP contribution in [0, 0.1) is 0 Å². The fourth-order valence-corrected chi connectivity index (χ4v) is 2.37. The SMILES string of the molecule is COc1cc(N2CCCC2)c(OC)cc1CNO. The Morgan fingerprint density at radius 3 is 2.39 bits per heavy atom. The van der Waals surface area contributed by atoms with Crippen LogP contribution in [0.3, 0.4) is 0 Å². The number of nitrogens with one attached hydrogen (secondary N) is 1. The minimum atomic E-state index is 0.333. The third-order valence-electron chi connectivity index (χ3n) is 3.30. The first-order valence-corrected chi connectivity index (χ1v) is 6.17. The maximum Gasteiger partial charge on any atom is 0.142 e. The summed E-state index contributed by atoms with van der Waals surface area (Å²) < 4.78 is 10.8. The Balaban J connectivity index is 2.38. The maximum atomic E-state index is 8.83. The lowest BCUT2D eigenvalue weighted by Crippen LogP contribution is -2.19. The Labute approximate surface area is 107 Å². The van der Waals surface area contributed by atoms with E-state index >= 15 is 0 Å². The van der Waals surface area contributed by atoms with Gasteiger partial charge in [0.1, 0.15) is 11.5 Å². The van der Waals surface area contributed by atoms with Gasteiger partial charge in [0.2, 0.25) is 0 Å². The molecule has 0 radical (unpaired) electrons. The maximum absolute atomic E-state index is 8.83. The summed E-state index contributed by atoms with van der Waals surface area (Å²) >= 11 is 0. The first kappa shape index (κ1) is 13.0. The largest absolute Gasteiger partial charge is 0.496 e. The molecular weight excluding hydrogens is 232 g/mol. The first-order valence-electron chi connectivity index (χ1n) is 6.17. The van der Waals surface area contributed by atoms with Crippen molar-refractivity contribution in [2.75, 3.05) is 32.2 Å². The lowest BCUT2D eigenvalue weighted by atomic mass is 10.1. The van der Waals surface area contributed by atoms with Crippen molar-refractivity contribution in [3.63, 3.8) is 0 Å². The van der Waals surface area contributed by atoms with E-state index in [1.807, 2.05) is 12.1 Å². The van der Waals surface area contributed by atoms with Gasteiger partial charge in [0, 0.05) is 31.3 Å². The molecule has 0 aliphatic carbocycles. The Morgan fingerprint density at radius 2 is 1.83 bits per heavy atom. The van der Waals surface area contributed by atoms with Gasteiger partial charge in [-0.2, -0.15) is 0 Å². The number of nitrogens with zero attached hydrogens (tertiary/aromatic N) is 1. The third-order valence-corrected chi connectivity index (χ3v) is 3.30. The van der Waals surface area contributed by atoms with Crippen LogP contribution in [-0.4, -0.2) is 32.5 Å². The Bertz CT molecular complexity index is 403. The van der Waals surface area contributed by atoms with Crippen LogP contribution in [0.1, 0.15) is 18.4 Å². The molecule has 100 valence electrons. The molecule has 1 saturated heterocycles. The topological polar surface area (TPSA) is 54.0 Å².